The molecule has 0 saturated carbocycles. The number of nitrogen functional groups attached to an aromatic ring is 1. The van der Waals surface area contributed by atoms with Crippen LogP contribution in [-0.2, 0) is 11.2 Å². The summed E-state index contributed by atoms with van der Waals surface area (Å²) in [5, 5.41) is 8.56. The Morgan fingerprint density at radius 1 is 1.32 bits per heavy atom. The zero-order valence-electron chi connectivity index (χ0n) is 11.1. The average Bonchev–Trinajstić information content (AvgIpc) is 2.50. The van der Waals surface area contributed by atoms with Crippen molar-refractivity contribution in [3.8, 4) is 5.88 Å². The second kappa shape index (κ2) is 6.81. The molecule has 1 atom stereocenters. The fraction of sp³-hybridized carbons (Fsp3) is 0.143. The number of ether oxygens (including phenoxy) is 1. The summed E-state index contributed by atoms with van der Waals surface area (Å²) in [4.78, 5) is 14.7. The molecule has 0 spiro atoms. The Hall–Kier alpha value is -2.05. The molecule has 0 amide bonds. The number of nitrogens with zero attached hydrogens (tertiary/aromatic N) is 1. The molecule has 3 N–H and O–H groups in total. The Bertz CT molecular complexity index is 698. The van der Waals surface area contributed by atoms with E-state index >= 15 is 0 Å². The molecule has 0 radical (unpaired) electrons. The number of aliphatic carboxylic acids is 1. The topological polar surface area (TPSA) is 85.4 Å². The van der Waals surface area contributed by atoms with Crippen molar-refractivity contribution in [3.63, 3.8) is 0 Å². The molecule has 5 nitrogen and oxygen atoms in total. The number of hydrogen-bond donors (Lipinski definition) is 2. The van der Waals surface area contributed by atoms with Gasteiger partial charge in [0.2, 0.25) is 17.9 Å². The van der Waals surface area contributed by atoms with E-state index in [9.17, 15) is 14.3 Å². The number of halogens is 3. The number of pyridine rings is 1. The minimum atomic E-state index is -1.30. The van der Waals surface area contributed by atoms with Crippen LogP contribution in [0.4, 0.5) is 10.1 Å². The second-order valence-corrected chi connectivity index (χ2v) is 5.14. The van der Waals surface area contributed by atoms with Crippen LogP contribution < -0.4 is 10.5 Å². The molecule has 1 aromatic carbocycles. The van der Waals surface area contributed by atoms with Gasteiger partial charge < -0.3 is 15.6 Å². The number of carboxylic acid groups (broad SMARTS) is 1. The lowest BCUT2D eigenvalue weighted by molar-refractivity contribution is -0.145. The van der Waals surface area contributed by atoms with Crippen molar-refractivity contribution in [1.82, 2.24) is 4.98 Å². The first-order valence-electron chi connectivity index (χ1n) is 6.13. The maximum Gasteiger partial charge on any atom is 0.345 e. The first-order chi connectivity index (χ1) is 10.4. The fourth-order valence-electron chi connectivity index (χ4n) is 1.73. The smallest absolute Gasteiger partial charge is 0.345 e. The van der Waals surface area contributed by atoms with Crippen LogP contribution in [-0.4, -0.2) is 22.2 Å². The van der Waals surface area contributed by atoms with E-state index in [2.05, 4.69) is 4.98 Å². The van der Waals surface area contributed by atoms with Gasteiger partial charge in [0.1, 0.15) is 10.0 Å². The van der Waals surface area contributed by atoms with Crippen LogP contribution in [0.25, 0.3) is 0 Å². The predicted molar refractivity (Wildman–Crippen MR) is 80.8 cm³/mol. The molecule has 1 heterocycles. The fourth-order valence-corrected chi connectivity index (χ4v) is 2.10. The monoisotopic (exact) mass is 344 g/mol. The van der Waals surface area contributed by atoms with Crippen molar-refractivity contribution >= 4 is 34.9 Å². The first-order valence-corrected chi connectivity index (χ1v) is 6.89. The minimum absolute atomic E-state index is 0.0539. The van der Waals surface area contributed by atoms with E-state index in [0.717, 1.165) is 5.56 Å². The Balaban J connectivity index is 2.27. The molecule has 0 aliphatic carbocycles. The highest BCUT2D eigenvalue weighted by Crippen LogP contribution is 2.35. The Labute approximate surface area is 135 Å². The van der Waals surface area contributed by atoms with E-state index in [0.29, 0.717) is 0 Å². The zero-order valence-corrected chi connectivity index (χ0v) is 12.6. The third kappa shape index (κ3) is 3.58. The van der Waals surface area contributed by atoms with Crippen LogP contribution in [0.3, 0.4) is 0 Å². The quantitative estimate of drug-likeness (QED) is 0.813. The molecule has 2 aromatic rings. The highest BCUT2D eigenvalue weighted by atomic mass is 35.5. The van der Waals surface area contributed by atoms with E-state index in [1.54, 1.807) is 30.3 Å². The number of benzene rings is 1. The lowest BCUT2D eigenvalue weighted by atomic mass is 10.1. The van der Waals surface area contributed by atoms with Crippen LogP contribution in [0.15, 0.2) is 30.3 Å². The molecule has 2 rings (SSSR count). The molecule has 1 unspecified atom stereocenters. The molecule has 0 fully saturated rings. The van der Waals surface area contributed by atoms with Crippen molar-refractivity contribution < 1.29 is 19.0 Å². The number of rotatable bonds is 5. The second-order valence-electron chi connectivity index (χ2n) is 4.38. The summed E-state index contributed by atoms with van der Waals surface area (Å²) in [7, 11) is 0. The lowest BCUT2D eigenvalue weighted by Crippen LogP contribution is -2.30. The summed E-state index contributed by atoms with van der Waals surface area (Å²) < 4.78 is 18.7. The van der Waals surface area contributed by atoms with Gasteiger partial charge in [0, 0.05) is 6.42 Å². The average molecular weight is 345 g/mol. The normalized spacial score (nSPS) is 12.0. The minimum Gasteiger partial charge on any atom is -0.478 e. The van der Waals surface area contributed by atoms with Crippen LogP contribution >= 0.6 is 23.2 Å². The maximum atomic E-state index is 13.5. The van der Waals surface area contributed by atoms with Gasteiger partial charge in [-0.2, -0.15) is 9.37 Å². The van der Waals surface area contributed by atoms with E-state index in [4.69, 9.17) is 33.7 Å². The highest BCUT2D eigenvalue weighted by Gasteiger charge is 2.24. The summed E-state index contributed by atoms with van der Waals surface area (Å²) in [5.41, 5.74) is 5.99. The highest BCUT2D eigenvalue weighted by molar-refractivity contribution is 6.39. The molecular formula is C14H11Cl2FN2O3. The van der Waals surface area contributed by atoms with E-state index in [1.807, 2.05) is 0 Å². The summed E-state index contributed by atoms with van der Waals surface area (Å²) in [5.74, 6) is -2.73. The van der Waals surface area contributed by atoms with Gasteiger partial charge in [-0.25, -0.2) is 4.79 Å². The maximum absolute atomic E-state index is 13.5. The largest absolute Gasteiger partial charge is 0.478 e. The molecule has 0 saturated heterocycles. The number of carboxylic acids is 1. The Morgan fingerprint density at radius 2 is 1.95 bits per heavy atom. The number of anilines is 1. The van der Waals surface area contributed by atoms with Gasteiger partial charge in [-0.1, -0.05) is 53.5 Å². The van der Waals surface area contributed by atoms with Crippen LogP contribution in [0.1, 0.15) is 5.56 Å². The molecule has 22 heavy (non-hydrogen) atoms. The van der Waals surface area contributed by atoms with Gasteiger partial charge in [-0.05, 0) is 5.56 Å². The first kappa shape index (κ1) is 16.3. The summed E-state index contributed by atoms with van der Waals surface area (Å²) in [6, 6.07) is 8.81. The number of aromatic nitrogens is 1. The lowest BCUT2D eigenvalue weighted by Gasteiger charge is -2.16. The van der Waals surface area contributed by atoms with Gasteiger partial charge >= 0.3 is 5.97 Å². The molecule has 0 aliphatic heterocycles. The SMILES string of the molecule is Nc1c(Cl)c(F)nc(OC(Cc2ccccc2)C(=O)O)c1Cl. The van der Waals surface area contributed by atoms with Crippen LogP contribution in [0.5, 0.6) is 5.88 Å². The van der Waals surface area contributed by atoms with Crippen molar-refractivity contribution in [2.45, 2.75) is 12.5 Å². The molecular weight excluding hydrogens is 334 g/mol. The van der Waals surface area contributed by atoms with Crippen molar-refractivity contribution in [2.24, 2.45) is 0 Å². The van der Waals surface area contributed by atoms with Gasteiger partial charge in [0.15, 0.2) is 0 Å². The van der Waals surface area contributed by atoms with Gasteiger partial charge in [-0.3, -0.25) is 0 Å². The summed E-state index contributed by atoms with van der Waals surface area (Å²) in [6.07, 6.45) is -1.24. The third-order valence-corrected chi connectivity index (χ3v) is 3.56. The number of hydrogen-bond acceptors (Lipinski definition) is 4. The Kier molecular flexibility index (Phi) is 5.05. The van der Waals surface area contributed by atoms with Gasteiger partial charge in [0.05, 0.1) is 5.69 Å². The third-order valence-electron chi connectivity index (χ3n) is 2.83. The van der Waals surface area contributed by atoms with E-state index in [1.165, 1.54) is 0 Å². The molecule has 116 valence electrons. The Morgan fingerprint density at radius 3 is 2.55 bits per heavy atom. The van der Waals surface area contributed by atoms with Crippen LogP contribution in [0, 0.1) is 5.95 Å². The van der Waals surface area contributed by atoms with Crippen molar-refractivity contribution in [1.29, 1.82) is 0 Å². The molecule has 0 aliphatic rings. The van der Waals surface area contributed by atoms with E-state index in [-0.39, 0.29) is 17.1 Å². The van der Waals surface area contributed by atoms with E-state index < -0.39 is 28.9 Å². The van der Waals surface area contributed by atoms with Gasteiger partial charge in [0.25, 0.3) is 0 Å². The van der Waals surface area contributed by atoms with Gasteiger partial charge in [-0.15, -0.1) is 0 Å². The summed E-state index contributed by atoms with van der Waals surface area (Å²) in [6.45, 7) is 0. The number of nitrogens with two attached hydrogens (primary N) is 1. The molecule has 1 aromatic heterocycles. The number of carbonyl (C=O) groups is 1. The van der Waals surface area contributed by atoms with Crippen LogP contribution in [0.2, 0.25) is 10.0 Å². The molecule has 8 heteroatoms. The predicted octanol–water partition coefficient (Wildman–Crippen LogP) is 3.18. The van der Waals surface area contributed by atoms with Crippen molar-refractivity contribution in [3.05, 3.63) is 51.9 Å². The van der Waals surface area contributed by atoms with Crippen molar-refractivity contribution in [2.75, 3.05) is 5.73 Å². The standard InChI is InChI=1S/C14H11Cl2FN2O3/c15-9-11(18)10(16)13(19-12(9)17)22-8(14(20)21)6-7-4-2-1-3-5-7/h1-5,8H,6H2,(H2,18,19)(H,20,21). The summed E-state index contributed by atoms with van der Waals surface area (Å²) >= 11 is 11.4. The molecule has 0 bridgehead atoms. The zero-order chi connectivity index (χ0) is 16.3.